The highest BCUT2D eigenvalue weighted by Gasteiger charge is 2.01. The number of methoxy groups -OCH3 is 2. The van der Waals surface area contributed by atoms with Crippen LogP contribution in [-0.4, -0.2) is 25.5 Å². The summed E-state index contributed by atoms with van der Waals surface area (Å²) in [6.45, 7) is 0. The van der Waals surface area contributed by atoms with Gasteiger partial charge in [0.15, 0.2) is 0 Å². The lowest BCUT2D eigenvalue weighted by Gasteiger charge is -2.05. The second-order valence-electron chi connectivity index (χ2n) is 3.89. The minimum absolute atomic E-state index is 0.195. The molecule has 1 N–H and O–H groups in total. The lowest BCUT2D eigenvalue weighted by atomic mass is 10.2. The summed E-state index contributed by atoms with van der Waals surface area (Å²) in [4.78, 5) is 4.31. The molecule has 0 bridgehead atoms. The molecule has 98 valence electrons. The number of ether oxygens (including phenoxy) is 2. The maximum absolute atomic E-state index is 9.65. The van der Waals surface area contributed by atoms with Gasteiger partial charge in [0.05, 0.1) is 19.9 Å². The fourth-order valence-electron chi connectivity index (χ4n) is 1.61. The van der Waals surface area contributed by atoms with Crippen LogP contribution in [0.15, 0.2) is 47.5 Å². The van der Waals surface area contributed by atoms with Crippen molar-refractivity contribution in [3.8, 4) is 17.2 Å². The van der Waals surface area contributed by atoms with E-state index in [0.29, 0.717) is 22.7 Å². The molecule has 4 heteroatoms. The molecule has 0 aliphatic heterocycles. The van der Waals surface area contributed by atoms with Gasteiger partial charge in [-0.2, -0.15) is 0 Å². The van der Waals surface area contributed by atoms with Gasteiger partial charge < -0.3 is 14.6 Å². The first-order chi connectivity index (χ1) is 9.22. The van der Waals surface area contributed by atoms with E-state index in [1.54, 1.807) is 56.8 Å². The van der Waals surface area contributed by atoms with Crippen LogP contribution in [0, 0.1) is 0 Å². The second-order valence-corrected chi connectivity index (χ2v) is 3.89. The number of para-hydroxylation sites is 1. The van der Waals surface area contributed by atoms with Gasteiger partial charge in [0, 0.05) is 30.0 Å². The van der Waals surface area contributed by atoms with Crippen molar-refractivity contribution in [3.05, 3.63) is 48.0 Å². The van der Waals surface area contributed by atoms with Crippen LogP contribution < -0.4 is 9.47 Å². The summed E-state index contributed by atoms with van der Waals surface area (Å²) in [5, 5.41) is 9.65. The number of nitrogens with zero attached hydrogens (tertiary/aromatic N) is 1. The van der Waals surface area contributed by atoms with E-state index in [1.807, 2.05) is 6.07 Å². The summed E-state index contributed by atoms with van der Waals surface area (Å²) in [5.74, 6) is 1.54. The molecular formula is C15H15NO3. The Kier molecular flexibility index (Phi) is 4.03. The number of hydrogen-bond acceptors (Lipinski definition) is 4. The third kappa shape index (κ3) is 3.25. The molecule has 0 heterocycles. The molecule has 2 rings (SSSR count). The van der Waals surface area contributed by atoms with E-state index in [-0.39, 0.29) is 5.75 Å². The monoisotopic (exact) mass is 257 g/mol. The van der Waals surface area contributed by atoms with Crippen LogP contribution >= 0.6 is 0 Å². The first-order valence-electron chi connectivity index (χ1n) is 5.78. The summed E-state index contributed by atoms with van der Waals surface area (Å²) in [7, 11) is 3.18. The Bertz CT molecular complexity index is 571. The Morgan fingerprint density at radius 2 is 1.63 bits per heavy atom. The van der Waals surface area contributed by atoms with Gasteiger partial charge in [-0.25, -0.2) is 0 Å². The van der Waals surface area contributed by atoms with Crippen molar-refractivity contribution in [2.45, 2.75) is 0 Å². The summed E-state index contributed by atoms with van der Waals surface area (Å²) < 4.78 is 10.3. The summed E-state index contributed by atoms with van der Waals surface area (Å²) in [5.41, 5.74) is 1.35. The SMILES string of the molecule is COc1cc(N=Cc2ccccc2O)cc(OC)c1. The molecule has 0 aromatic heterocycles. The maximum atomic E-state index is 9.65. The third-order valence-electron chi connectivity index (χ3n) is 2.63. The lowest BCUT2D eigenvalue weighted by Crippen LogP contribution is -1.87. The zero-order valence-electron chi connectivity index (χ0n) is 10.8. The van der Waals surface area contributed by atoms with Crippen LogP contribution in [0.25, 0.3) is 0 Å². The Morgan fingerprint density at radius 1 is 1.00 bits per heavy atom. The molecule has 0 amide bonds. The first kappa shape index (κ1) is 13.0. The average Bonchev–Trinajstić information content (AvgIpc) is 2.46. The molecule has 0 spiro atoms. The largest absolute Gasteiger partial charge is 0.507 e. The number of aromatic hydroxyl groups is 1. The number of phenols is 1. The molecule has 2 aromatic carbocycles. The Labute approximate surface area is 111 Å². The summed E-state index contributed by atoms with van der Waals surface area (Å²) >= 11 is 0. The second kappa shape index (κ2) is 5.91. The van der Waals surface area contributed by atoms with Gasteiger partial charge in [-0.1, -0.05) is 12.1 Å². The zero-order valence-corrected chi connectivity index (χ0v) is 10.8. The maximum Gasteiger partial charge on any atom is 0.124 e. The molecular weight excluding hydrogens is 242 g/mol. The van der Waals surface area contributed by atoms with Crippen LogP contribution in [0.4, 0.5) is 5.69 Å². The number of benzene rings is 2. The van der Waals surface area contributed by atoms with E-state index in [2.05, 4.69) is 4.99 Å². The smallest absolute Gasteiger partial charge is 0.124 e. The molecule has 2 aromatic rings. The van der Waals surface area contributed by atoms with E-state index in [9.17, 15) is 5.11 Å². The standard InChI is InChI=1S/C15H15NO3/c1-18-13-7-12(8-14(9-13)19-2)16-10-11-5-3-4-6-15(11)17/h3-10,17H,1-2H3. The molecule has 0 unspecified atom stereocenters. The predicted octanol–water partition coefficient (Wildman–Crippen LogP) is 3.16. The number of phenolic OH excluding ortho intramolecular Hbond substituents is 1. The zero-order chi connectivity index (χ0) is 13.7. The molecule has 0 saturated heterocycles. The first-order valence-corrected chi connectivity index (χ1v) is 5.78. The van der Waals surface area contributed by atoms with Gasteiger partial charge in [0.2, 0.25) is 0 Å². The van der Waals surface area contributed by atoms with Crippen LogP contribution in [0.3, 0.4) is 0 Å². The van der Waals surface area contributed by atoms with Gasteiger partial charge in [0.25, 0.3) is 0 Å². The van der Waals surface area contributed by atoms with E-state index in [1.165, 1.54) is 0 Å². The van der Waals surface area contributed by atoms with Crippen molar-refractivity contribution in [2.24, 2.45) is 4.99 Å². The molecule has 19 heavy (non-hydrogen) atoms. The van der Waals surface area contributed by atoms with E-state index < -0.39 is 0 Å². The Hall–Kier alpha value is -2.49. The van der Waals surface area contributed by atoms with Crippen LogP contribution in [0.1, 0.15) is 5.56 Å². The predicted molar refractivity (Wildman–Crippen MR) is 74.9 cm³/mol. The molecule has 0 saturated carbocycles. The molecule has 0 aliphatic rings. The van der Waals surface area contributed by atoms with Crippen molar-refractivity contribution >= 4 is 11.9 Å². The highest BCUT2D eigenvalue weighted by atomic mass is 16.5. The molecule has 0 aliphatic carbocycles. The van der Waals surface area contributed by atoms with Crippen molar-refractivity contribution in [1.82, 2.24) is 0 Å². The van der Waals surface area contributed by atoms with Crippen LogP contribution in [-0.2, 0) is 0 Å². The van der Waals surface area contributed by atoms with Crippen molar-refractivity contribution in [1.29, 1.82) is 0 Å². The van der Waals surface area contributed by atoms with Crippen LogP contribution in [0.2, 0.25) is 0 Å². The van der Waals surface area contributed by atoms with Gasteiger partial charge >= 0.3 is 0 Å². The quantitative estimate of drug-likeness (QED) is 0.856. The van der Waals surface area contributed by atoms with E-state index in [4.69, 9.17) is 9.47 Å². The number of rotatable bonds is 4. The molecule has 0 fully saturated rings. The van der Waals surface area contributed by atoms with Gasteiger partial charge in [0.1, 0.15) is 17.2 Å². The number of hydrogen-bond donors (Lipinski definition) is 1. The Morgan fingerprint density at radius 3 is 2.21 bits per heavy atom. The fraction of sp³-hybridized carbons (Fsp3) is 0.133. The van der Waals surface area contributed by atoms with Crippen molar-refractivity contribution in [3.63, 3.8) is 0 Å². The Balaban J connectivity index is 2.30. The highest BCUT2D eigenvalue weighted by Crippen LogP contribution is 2.27. The normalized spacial score (nSPS) is 10.6. The molecule has 0 atom stereocenters. The van der Waals surface area contributed by atoms with Crippen molar-refractivity contribution < 1.29 is 14.6 Å². The van der Waals surface area contributed by atoms with E-state index >= 15 is 0 Å². The summed E-state index contributed by atoms with van der Waals surface area (Å²) in [6.07, 6.45) is 1.60. The lowest BCUT2D eigenvalue weighted by molar-refractivity contribution is 0.394. The highest BCUT2D eigenvalue weighted by molar-refractivity contribution is 5.85. The molecule has 4 nitrogen and oxygen atoms in total. The van der Waals surface area contributed by atoms with Gasteiger partial charge in [-0.05, 0) is 12.1 Å². The minimum Gasteiger partial charge on any atom is -0.507 e. The van der Waals surface area contributed by atoms with E-state index in [0.717, 1.165) is 0 Å². The van der Waals surface area contributed by atoms with Gasteiger partial charge in [-0.15, -0.1) is 0 Å². The molecule has 0 radical (unpaired) electrons. The van der Waals surface area contributed by atoms with Crippen molar-refractivity contribution in [2.75, 3.05) is 14.2 Å². The summed E-state index contributed by atoms with van der Waals surface area (Å²) in [6, 6.07) is 12.4. The third-order valence-corrected chi connectivity index (χ3v) is 2.63. The van der Waals surface area contributed by atoms with Crippen LogP contribution in [0.5, 0.6) is 17.2 Å². The number of aliphatic imine (C=N–C) groups is 1. The minimum atomic E-state index is 0.195. The topological polar surface area (TPSA) is 51.0 Å². The average molecular weight is 257 g/mol. The van der Waals surface area contributed by atoms with Gasteiger partial charge in [-0.3, -0.25) is 4.99 Å². The fourth-order valence-corrected chi connectivity index (χ4v) is 1.61.